The Morgan fingerprint density at radius 1 is 1.11 bits per heavy atom. The number of benzene rings is 1. The predicted molar refractivity (Wildman–Crippen MR) is 132 cm³/mol. The van der Waals surface area contributed by atoms with E-state index >= 15 is 0 Å². The third kappa shape index (κ3) is 3.79. The first kappa shape index (κ1) is 22.5. The lowest BCUT2D eigenvalue weighted by atomic mass is 9.66. The minimum atomic E-state index is -0.905. The number of nitrogens with zero attached hydrogens (tertiary/aromatic N) is 5. The quantitative estimate of drug-likeness (QED) is 0.627. The highest BCUT2D eigenvalue weighted by Gasteiger charge is 2.50. The standard InChI is InChI=1S/C27H33N5O3/c1-19-18-32-23(17-28-19)24(30-13-15-35-16-14-30)29-25(32)26(33)31-12-11-27(34,20-7-3-2-4-8-20)21-9-5-6-10-22(21)31/h2-4,7-8,17-18,21-22,34H,5-6,9-16H2,1H3/t21-,22+,27-/m0/s1. The van der Waals surface area contributed by atoms with Crippen LogP contribution in [0.15, 0.2) is 42.7 Å². The van der Waals surface area contributed by atoms with E-state index in [1.165, 1.54) is 0 Å². The highest BCUT2D eigenvalue weighted by atomic mass is 16.5. The van der Waals surface area contributed by atoms with Crippen LogP contribution in [0.25, 0.3) is 5.52 Å². The molecule has 1 saturated carbocycles. The number of aliphatic hydroxyl groups is 1. The lowest BCUT2D eigenvalue weighted by molar-refractivity contribution is -0.110. The Morgan fingerprint density at radius 3 is 2.69 bits per heavy atom. The van der Waals surface area contributed by atoms with Crippen LogP contribution in [0.1, 0.15) is 54.0 Å². The van der Waals surface area contributed by atoms with Gasteiger partial charge in [-0.3, -0.25) is 14.2 Å². The fourth-order valence-electron chi connectivity index (χ4n) is 6.38. The number of amides is 1. The molecule has 0 unspecified atom stereocenters. The number of carbonyl (C=O) groups is 1. The first-order valence-corrected chi connectivity index (χ1v) is 12.8. The molecule has 2 aromatic heterocycles. The van der Waals surface area contributed by atoms with Crippen LogP contribution in [0.2, 0.25) is 0 Å². The van der Waals surface area contributed by atoms with E-state index < -0.39 is 5.60 Å². The third-order valence-corrected chi connectivity index (χ3v) is 8.15. The molecule has 2 saturated heterocycles. The Balaban J connectivity index is 1.37. The maximum Gasteiger partial charge on any atom is 0.290 e. The Kier molecular flexibility index (Phi) is 5.73. The highest BCUT2D eigenvalue weighted by molar-refractivity contribution is 5.94. The molecule has 0 bridgehead atoms. The van der Waals surface area contributed by atoms with Crippen LogP contribution in [-0.2, 0) is 10.3 Å². The van der Waals surface area contributed by atoms with Crippen molar-refractivity contribution in [2.24, 2.45) is 5.92 Å². The lowest BCUT2D eigenvalue weighted by Crippen LogP contribution is -2.59. The van der Waals surface area contributed by atoms with Gasteiger partial charge in [0.15, 0.2) is 5.82 Å². The first-order valence-electron chi connectivity index (χ1n) is 12.8. The maximum absolute atomic E-state index is 14.1. The smallest absolute Gasteiger partial charge is 0.290 e. The van der Waals surface area contributed by atoms with Gasteiger partial charge in [-0.05, 0) is 31.7 Å². The number of aromatic nitrogens is 3. The molecule has 1 amide bonds. The fraction of sp³-hybridized carbons (Fsp3) is 0.519. The molecular weight excluding hydrogens is 442 g/mol. The molecule has 35 heavy (non-hydrogen) atoms. The van der Waals surface area contributed by atoms with Crippen molar-refractivity contribution >= 4 is 17.2 Å². The van der Waals surface area contributed by atoms with Crippen molar-refractivity contribution in [1.82, 2.24) is 19.3 Å². The number of morpholine rings is 1. The summed E-state index contributed by atoms with van der Waals surface area (Å²) in [6.45, 7) is 5.22. The Hall–Kier alpha value is -2.97. The number of hydrogen-bond acceptors (Lipinski definition) is 6. The predicted octanol–water partition coefficient (Wildman–Crippen LogP) is 3.17. The van der Waals surface area contributed by atoms with Gasteiger partial charge in [-0.25, -0.2) is 4.98 Å². The van der Waals surface area contributed by atoms with Crippen molar-refractivity contribution in [3.05, 3.63) is 59.8 Å². The molecule has 0 radical (unpaired) electrons. The molecule has 3 atom stereocenters. The number of anilines is 1. The molecular formula is C27H33N5O3. The zero-order valence-corrected chi connectivity index (χ0v) is 20.3. The second kappa shape index (κ2) is 8.91. The van der Waals surface area contributed by atoms with Gasteiger partial charge in [-0.1, -0.05) is 43.2 Å². The van der Waals surface area contributed by atoms with Crippen LogP contribution in [0.4, 0.5) is 5.82 Å². The largest absolute Gasteiger partial charge is 0.385 e. The van der Waals surface area contributed by atoms with E-state index in [4.69, 9.17) is 9.72 Å². The number of carbonyl (C=O) groups excluding carboxylic acids is 1. The zero-order valence-electron chi connectivity index (χ0n) is 20.3. The molecule has 8 heteroatoms. The van der Waals surface area contributed by atoms with Crippen molar-refractivity contribution in [2.75, 3.05) is 37.7 Å². The molecule has 3 aromatic rings. The van der Waals surface area contributed by atoms with Crippen molar-refractivity contribution < 1.29 is 14.6 Å². The highest BCUT2D eigenvalue weighted by Crippen LogP contribution is 2.47. The van der Waals surface area contributed by atoms with E-state index in [1.807, 2.05) is 58.9 Å². The molecule has 3 aliphatic rings. The monoisotopic (exact) mass is 475 g/mol. The van der Waals surface area contributed by atoms with Gasteiger partial charge in [-0.15, -0.1) is 0 Å². The maximum atomic E-state index is 14.1. The summed E-state index contributed by atoms with van der Waals surface area (Å²) >= 11 is 0. The van der Waals surface area contributed by atoms with Gasteiger partial charge in [0.05, 0.1) is 30.7 Å². The molecule has 2 aliphatic heterocycles. The fourth-order valence-corrected chi connectivity index (χ4v) is 6.38. The van der Waals surface area contributed by atoms with Crippen molar-refractivity contribution in [3.8, 4) is 0 Å². The van der Waals surface area contributed by atoms with Crippen LogP contribution < -0.4 is 4.90 Å². The molecule has 0 spiro atoms. The number of piperidine rings is 1. The van der Waals surface area contributed by atoms with Crippen LogP contribution >= 0.6 is 0 Å². The Morgan fingerprint density at radius 2 is 1.89 bits per heavy atom. The van der Waals surface area contributed by atoms with Crippen LogP contribution in [-0.4, -0.2) is 69.2 Å². The average molecular weight is 476 g/mol. The van der Waals surface area contributed by atoms with E-state index in [9.17, 15) is 9.90 Å². The van der Waals surface area contributed by atoms with Crippen molar-refractivity contribution in [3.63, 3.8) is 0 Å². The number of likely N-dealkylation sites (tertiary alicyclic amines) is 1. The van der Waals surface area contributed by atoms with Crippen LogP contribution in [0.5, 0.6) is 0 Å². The minimum Gasteiger partial charge on any atom is -0.385 e. The summed E-state index contributed by atoms with van der Waals surface area (Å²) in [5.74, 6) is 1.19. The van der Waals surface area contributed by atoms with Gasteiger partial charge >= 0.3 is 0 Å². The topological polar surface area (TPSA) is 83.2 Å². The summed E-state index contributed by atoms with van der Waals surface area (Å²) in [5, 5.41) is 11.9. The van der Waals surface area contributed by atoms with Gasteiger partial charge in [0, 0.05) is 37.8 Å². The second-order valence-corrected chi connectivity index (χ2v) is 10.1. The number of hydrogen-bond donors (Lipinski definition) is 1. The van der Waals surface area contributed by atoms with Gasteiger partial charge in [-0.2, -0.15) is 0 Å². The van der Waals surface area contributed by atoms with Crippen LogP contribution in [0.3, 0.4) is 0 Å². The SMILES string of the molecule is Cc1cn2c(C(=O)N3CC[C@](O)(c4ccccc4)[C@H]4CCCC[C@H]43)nc(N3CCOCC3)c2cn1. The zero-order chi connectivity index (χ0) is 24.0. The summed E-state index contributed by atoms with van der Waals surface area (Å²) in [6, 6.07) is 10.0. The number of fused-ring (bicyclic) bond motifs is 2. The third-order valence-electron chi connectivity index (χ3n) is 8.15. The number of aryl methyl sites for hydroxylation is 1. The van der Waals surface area contributed by atoms with Gasteiger partial charge in [0.1, 0.15) is 5.52 Å². The first-order chi connectivity index (χ1) is 17.1. The van der Waals surface area contributed by atoms with E-state index in [2.05, 4.69) is 9.88 Å². The molecule has 1 aromatic carbocycles. The van der Waals surface area contributed by atoms with E-state index in [-0.39, 0.29) is 17.9 Å². The Labute approximate surface area is 205 Å². The normalized spacial score (nSPS) is 27.1. The molecule has 4 heterocycles. The summed E-state index contributed by atoms with van der Waals surface area (Å²) in [6.07, 6.45) is 8.23. The molecule has 3 fully saturated rings. The van der Waals surface area contributed by atoms with Gasteiger partial charge in [0.2, 0.25) is 5.82 Å². The lowest BCUT2D eigenvalue weighted by Gasteiger charge is -2.52. The Bertz CT molecular complexity index is 1220. The van der Waals surface area contributed by atoms with Crippen molar-refractivity contribution in [1.29, 1.82) is 0 Å². The summed E-state index contributed by atoms with van der Waals surface area (Å²) in [4.78, 5) is 27.7. The van der Waals surface area contributed by atoms with E-state index in [0.717, 1.165) is 61.4 Å². The van der Waals surface area contributed by atoms with E-state index in [0.29, 0.717) is 32.0 Å². The molecule has 1 aliphatic carbocycles. The van der Waals surface area contributed by atoms with Gasteiger partial charge < -0.3 is 19.6 Å². The molecule has 184 valence electrons. The minimum absolute atomic E-state index is 0.00248. The van der Waals surface area contributed by atoms with Gasteiger partial charge in [0.25, 0.3) is 5.91 Å². The summed E-state index contributed by atoms with van der Waals surface area (Å²) in [5.41, 5.74) is 1.74. The van der Waals surface area contributed by atoms with Crippen LogP contribution in [0, 0.1) is 12.8 Å². The number of ether oxygens (including phenoxy) is 1. The summed E-state index contributed by atoms with van der Waals surface area (Å²) < 4.78 is 7.43. The average Bonchev–Trinajstić information content (AvgIpc) is 3.28. The van der Waals surface area contributed by atoms with Crippen molar-refractivity contribution in [2.45, 2.75) is 50.7 Å². The molecule has 8 nitrogen and oxygen atoms in total. The summed E-state index contributed by atoms with van der Waals surface area (Å²) in [7, 11) is 0. The number of rotatable bonds is 3. The second-order valence-electron chi connectivity index (χ2n) is 10.1. The number of imidazole rings is 1. The van der Waals surface area contributed by atoms with E-state index in [1.54, 1.807) is 0 Å². The molecule has 1 N–H and O–H groups in total. The molecule has 6 rings (SSSR count).